The molecule has 1 unspecified atom stereocenters. The van der Waals surface area contributed by atoms with E-state index in [2.05, 4.69) is 5.32 Å². The van der Waals surface area contributed by atoms with E-state index >= 15 is 0 Å². The summed E-state index contributed by atoms with van der Waals surface area (Å²) >= 11 is 0. The molecule has 1 atom stereocenters. The largest absolute Gasteiger partial charge is 0.485 e. The first kappa shape index (κ1) is 17.5. The lowest BCUT2D eigenvalue weighted by Crippen LogP contribution is -2.36. The third-order valence-electron chi connectivity index (χ3n) is 3.14. The zero-order valence-corrected chi connectivity index (χ0v) is 13.1. The van der Waals surface area contributed by atoms with Crippen LogP contribution in [-0.4, -0.2) is 27.1 Å². The van der Waals surface area contributed by atoms with E-state index in [1.165, 1.54) is 0 Å². The summed E-state index contributed by atoms with van der Waals surface area (Å²) < 4.78 is 49.3. The van der Waals surface area contributed by atoms with Crippen molar-refractivity contribution in [2.24, 2.45) is 0 Å². The predicted octanol–water partition coefficient (Wildman–Crippen LogP) is 3.78. The zero-order chi connectivity index (χ0) is 16.7. The van der Waals surface area contributed by atoms with Crippen molar-refractivity contribution in [3.63, 3.8) is 0 Å². The second-order valence-electron chi connectivity index (χ2n) is 4.80. The Morgan fingerprint density at radius 2 is 1.52 bits per heavy atom. The molecule has 0 amide bonds. The number of halogens is 3. The molecule has 0 spiro atoms. The van der Waals surface area contributed by atoms with Gasteiger partial charge in [0.05, 0.1) is 0 Å². The molecule has 7 heteroatoms. The molecule has 1 aliphatic rings. The first-order chi connectivity index (χ1) is 11.0. The SMILES string of the molecule is O=S(N1CCNc2ccccc2C1)C(F)(F)F.c1ccccc1. The minimum absolute atomic E-state index is 0.0370. The van der Waals surface area contributed by atoms with Gasteiger partial charge in [-0.2, -0.15) is 13.2 Å². The number of rotatable bonds is 1. The summed E-state index contributed by atoms with van der Waals surface area (Å²) in [6.45, 7) is 0.481. The highest BCUT2D eigenvalue weighted by Gasteiger charge is 2.41. The van der Waals surface area contributed by atoms with Crippen LogP contribution in [0, 0.1) is 0 Å². The number of hydrogen-bond donors (Lipinski definition) is 1. The van der Waals surface area contributed by atoms with Crippen LogP contribution in [0.5, 0.6) is 0 Å². The Labute approximate surface area is 135 Å². The minimum atomic E-state index is -4.70. The van der Waals surface area contributed by atoms with Crippen molar-refractivity contribution >= 4 is 16.7 Å². The van der Waals surface area contributed by atoms with Gasteiger partial charge < -0.3 is 5.32 Å². The van der Waals surface area contributed by atoms with Crippen LogP contribution in [0.25, 0.3) is 0 Å². The highest BCUT2D eigenvalue weighted by molar-refractivity contribution is 7.83. The van der Waals surface area contributed by atoms with Crippen molar-refractivity contribution in [1.82, 2.24) is 4.31 Å². The topological polar surface area (TPSA) is 32.3 Å². The van der Waals surface area contributed by atoms with Crippen LogP contribution in [-0.2, 0) is 17.5 Å². The smallest absolute Gasteiger partial charge is 0.383 e. The van der Waals surface area contributed by atoms with Gasteiger partial charge in [-0.3, -0.25) is 0 Å². The highest BCUT2D eigenvalue weighted by Crippen LogP contribution is 2.27. The molecule has 3 nitrogen and oxygen atoms in total. The first-order valence-corrected chi connectivity index (χ1v) is 8.14. The molecule has 0 bridgehead atoms. The lowest BCUT2D eigenvalue weighted by Gasteiger charge is -2.19. The normalized spacial score (nSPS) is 16.1. The number of fused-ring (bicyclic) bond motifs is 1. The van der Waals surface area contributed by atoms with E-state index in [1.807, 2.05) is 42.5 Å². The molecule has 1 heterocycles. The van der Waals surface area contributed by atoms with Gasteiger partial charge in [-0.25, -0.2) is 8.51 Å². The molecular formula is C16H17F3N2OS. The number of alkyl halides is 3. The van der Waals surface area contributed by atoms with Crippen molar-refractivity contribution in [3.05, 3.63) is 66.2 Å². The summed E-state index contributed by atoms with van der Waals surface area (Å²) in [6.07, 6.45) is 0. The second kappa shape index (κ2) is 8.12. The van der Waals surface area contributed by atoms with Crippen molar-refractivity contribution in [2.75, 3.05) is 18.4 Å². The number of anilines is 1. The third kappa shape index (κ3) is 5.37. The molecule has 23 heavy (non-hydrogen) atoms. The number of nitrogens with one attached hydrogen (secondary N) is 1. The van der Waals surface area contributed by atoms with E-state index in [4.69, 9.17) is 0 Å². The molecule has 1 aliphatic heterocycles. The van der Waals surface area contributed by atoms with Crippen molar-refractivity contribution in [3.8, 4) is 0 Å². The average Bonchev–Trinajstić information content (AvgIpc) is 2.77. The molecule has 0 radical (unpaired) electrons. The maximum Gasteiger partial charge on any atom is 0.485 e. The van der Waals surface area contributed by atoms with Gasteiger partial charge in [-0.15, -0.1) is 0 Å². The fourth-order valence-corrected chi connectivity index (χ4v) is 2.89. The van der Waals surface area contributed by atoms with Crippen molar-refractivity contribution < 1.29 is 17.4 Å². The number of para-hydroxylation sites is 1. The summed E-state index contributed by atoms with van der Waals surface area (Å²) in [7, 11) is -2.95. The predicted molar refractivity (Wildman–Crippen MR) is 86.0 cm³/mol. The molecule has 0 aliphatic carbocycles. The number of nitrogens with zero attached hydrogens (tertiary/aromatic N) is 1. The van der Waals surface area contributed by atoms with Gasteiger partial charge in [0.2, 0.25) is 11.0 Å². The van der Waals surface area contributed by atoms with Crippen molar-refractivity contribution in [2.45, 2.75) is 12.1 Å². The Bertz CT molecular complexity index is 608. The van der Waals surface area contributed by atoms with E-state index < -0.39 is 16.5 Å². The summed E-state index contributed by atoms with van der Waals surface area (Å²) in [4.78, 5) is 0. The molecule has 1 N–H and O–H groups in total. The van der Waals surface area contributed by atoms with Crippen LogP contribution in [0.2, 0.25) is 0 Å². The number of benzene rings is 2. The van der Waals surface area contributed by atoms with E-state index in [9.17, 15) is 17.4 Å². The summed E-state index contributed by atoms with van der Waals surface area (Å²) in [6, 6.07) is 19.1. The standard InChI is InChI=1S/C10H11F3N2OS.C6H6/c11-10(12,13)17(16)15-6-5-14-9-4-2-1-3-8(9)7-15;1-2-4-6-5-3-1/h1-4,14H,5-7H2;1-6H. The van der Waals surface area contributed by atoms with Crippen LogP contribution >= 0.6 is 0 Å². The molecule has 2 aromatic carbocycles. The Kier molecular flexibility index (Phi) is 6.18. The van der Waals surface area contributed by atoms with Crippen LogP contribution < -0.4 is 5.32 Å². The molecular weight excluding hydrogens is 325 g/mol. The van der Waals surface area contributed by atoms with Crippen LogP contribution in [0.15, 0.2) is 60.7 Å². The Morgan fingerprint density at radius 3 is 2.09 bits per heavy atom. The molecule has 0 fully saturated rings. The maximum atomic E-state index is 12.4. The summed E-state index contributed by atoms with van der Waals surface area (Å²) in [5.74, 6) is 0. The monoisotopic (exact) mass is 342 g/mol. The molecule has 3 rings (SSSR count). The highest BCUT2D eigenvalue weighted by atomic mass is 32.2. The van der Waals surface area contributed by atoms with Crippen molar-refractivity contribution in [1.29, 1.82) is 0 Å². The van der Waals surface area contributed by atoms with E-state index in [1.54, 1.807) is 18.2 Å². The van der Waals surface area contributed by atoms with E-state index in [0.29, 0.717) is 6.54 Å². The van der Waals surface area contributed by atoms with Gasteiger partial charge in [0.15, 0.2) is 0 Å². The molecule has 124 valence electrons. The van der Waals surface area contributed by atoms with Gasteiger partial charge in [0, 0.05) is 25.3 Å². The van der Waals surface area contributed by atoms with Crippen LogP contribution in [0.3, 0.4) is 0 Å². The second-order valence-corrected chi connectivity index (χ2v) is 6.27. The quantitative estimate of drug-likeness (QED) is 0.855. The zero-order valence-electron chi connectivity index (χ0n) is 12.3. The van der Waals surface area contributed by atoms with Gasteiger partial charge >= 0.3 is 5.51 Å². The van der Waals surface area contributed by atoms with Gasteiger partial charge in [-0.1, -0.05) is 54.6 Å². The Balaban J connectivity index is 0.000000268. The van der Waals surface area contributed by atoms with Crippen LogP contribution in [0.4, 0.5) is 18.9 Å². The third-order valence-corrected chi connectivity index (χ3v) is 4.32. The lowest BCUT2D eigenvalue weighted by molar-refractivity contribution is -0.0429. The summed E-state index contributed by atoms with van der Waals surface area (Å²) in [5, 5.41) is 3.02. The molecule has 0 aromatic heterocycles. The molecule has 2 aromatic rings. The van der Waals surface area contributed by atoms with E-state index in [0.717, 1.165) is 15.6 Å². The Morgan fingerprint density at radius 1 is 0.957 bits per heavy atom. The first-order valence-electron chi connectivity index (χ1n) is 7.04. The summed E-state index contributed by atoms with van der Waals surface area (Å²) in [5.41, 5.74) is -3.17. The molecule has 0 saturated heterocycles. The fraction of sp³-hybridized carbons (Fsp3) is 0.250. The lowest BCUT2D eigenvalue weighted by atomic mass is 10.2. The van der Waals surface area contributed by atoms with Gasteiger partial charge in [0.25, 0.3) is 0 Å². The maximum absolute atomic E-state index is 12.4. The molecule has 0 saturated carbocycles. The van der Waals surface area contributed by atoms with Crippen LogP contribution in [0.1, 0.15) is 5.56 Å². The minimum Gasteiger partial charge on any atom is -0.383 e. The van der Waals surface area contributed by atoms with E-state index in [-0.39, 0.29) is 13.1 Å². The Hall–Kier alpha value is -1.86. The van der Waals surface area contributed by atoms with Gasteiger partial charge in [-0.05, 0) is 11.6 Å². The average molecular weight is 342 g/mol. The number of hydrogen-bond acceptors (Lipinski definition) is 2. The van der Waals surface area contributed by atoms with Gasteiger partial charge in [0.1, 0.15) is 0 Å². The fourth-order valence-electron chi connectivity index (χ4n) is 2.09.